The van der Waals surface area contributed by atoms with E-state index < -0.39 is 7.14 Å². The van der Waals surface area contributed by atoms with E-state index in [4.69, 9.17) is 4.98 Å². The zero-order valence-electron chi connectivity index (χ0n) is 24.3. The first-order valence-corrected chi connectivity index (χ1v) is 16.9. The summed E-state index contributed by atoms with van der Waals surface area (Å²) in [6.07, 6.45) is 0. The molecule has 0 radical (unpaired) electrons. The Morgan fingerprint density at radius 1 is 0.511 bits per heavy atom. The fourth-order valence-corrected chi connectivity index (χ4v) is 10.1. The lowest BCUT2D eigenvalue weighted by Gasteiger charge is -2.31. The number of benzene rings is 7. The van der Waals surface area contributed by atoms with Crippen molar-refractivity contribution in [1.29, 1.82) is 0 Å². The number of fused-ring (bicyclic) bond motifs is 3. The molecule has 7 aromatic carbocycles. The lowest BCUT2D eigenvalue weighted by atomic mass is 9.98. The molecule has 45 heavy (non-hydrogen) atoms. The highest BCUT2D eigenvalue weighted by atomic mass is 31.2. The summed E-state index contributed by atoms with van der Waals surface area (Å²) >= 11 is 0. The molecule has 9 rings (SSSR count). The van der Waals surface area contributed by atoms with Crippen LogP contribution in [-0.2, 0) is 4.57 Å². The van der Waals surface area contributed by atoms with Gasteiger partial charge in [0.25, 0.3) is 0 Å². The summed E-state index contributed by atoms with van der Waals surface area (Å²) in [5.74, 6) is 0.849. The molecule has 1 unspecified atom stereocenters. The van der Waals surface area contributed by atoms with Crippen molar-refractivity contribution in [2.45, 2.75) is 0 Å². The van der Waals surface area contributed by atoms with Gasteiger partial charge in [-0.25, -0.2) is 4.98 Å². The molecule has 0 amide bonds. The number of para-hydroxylation sites is 1. The van der Waals surface area contributed by atoms with Gasteiger partial charge in [0, 0.05) is 16.2 Å². The SMILES string of the molecule is O=P1(c2ccccc2)c2c(-c3ccc(-c4ccc5ccccc5c4)cc3)cccc2-n2c(-c3ccccc3)nc3cccc1c32. The number of hydrogen-bond acceptors (Lipinski definition) is 2. The summed E-state index contributed by atoms with van der Waals surface area (Å²) in [7, 11) is -3.30. The summed E-state index contributed by atoms with van der Waals surface area (Å²) < 4.78 is 18.2. The fraction of sp³-hybridized carbons (Fsp3) is 0. The second-order valence-electron chi connectivity index (χ2n) is 11.5. The molecule has 0 bridgehead atoms. The zero-order chi connectivity index (χ0) is 30.0. The first-order chi connectivity index (χ1) is 22.2. The molecule has 212 valence electrons. The summed E-state index contributed by atoms with van der Waals surface area (Å²) in [5, 5.41) is 4.96. The molecule has 2 heterocycles. The van der Waals surface area contributed by atoms with Crippen LogP contribution < -0.4 is 15.9 Å². The average Bonchev–Trinajstić information content (AvgIpc) is 3.51. The van der Waals surface area contributed by atoms with Gasteiger partial charge < -0.3 is 4.57 Å². The van der Waals surface area contributed by atoms with Crippen LogP contribution in [0.4, 0.5) is 0 Å². The van der Waals surface area contributed by atoms with Crippen LogP contribution in [0.25, 0.3) is 61.1 Å². The van der Waals surface area contributed by atoms with Crippen molar-refractivity contribution in [3.63, 3.8) is 0 Å². The molecule has 0 aliphatic carbocycles. The summed E-state index contributed by atoms with van der Waals surface area (Å²) in [6, 6.07) is 56.3. The average molecular weight is 595 g/mol. The van der Waals surface area contributed by atoms with Crippen molar-refractivity contribution in [3.05, 3.63) is 164 Å². The van der Waals surface area contributed by atoms with Crippen LogP contribution in [0.5, 0.6) is 0 Å². The van der Waals surface area contributed by atoms with Crippen molar-refractivity contribution in [3.8, 4) is 39.3 Å². The van der Waals surface area contributed by atoms with E-state index in [0.29, 0.717) is 0 Å². The summed E-state index contributed by atoms with van der Waals surface area (Å²) in [5.41, 5.74) is 8.02. The standard InChI is InChI=1S/C41H27N2OP/c44-45(34-15-5-2-6-16-34)38-20-10-18-36-39(38)43(41(42-36)31-12-3-1-4-13-31)37-19-9-17-35(40(37)45)30-24-21-29(22-25-30)33-26-23-28-11-7-8-14-32(28)27-33/h1-27H. The van der Waals surface area contributed by atoms with Gasteiger partial charge in [-0.3, -0.25) is 4.57 Å². The van der Waals surface area contributed by atoms with E-state index in [0.717, 1.165) is 60.7 Å². The van der Waals surface area contributed by atoms with Gasteiger partial charge in [0.1, 0.15) is 5.82 Å². The van der Waals surface area contributed by atoms with E-state index in [1.165, 1.54) is 16.3 Å². The predicted molar refractivity (Wildman–Crippen MR) is 188 cm³/mol. The molecule has 3 nitrogen and oxygen atoms in total. The highest BCUT2D eigenvalue weighted by Crippen LogP contribution is 2.52. The van der Waals surface area contributed by atoms with Crippen molar-refractivity contribution < 1.29 is 4.57 Å². The van der Waals surface area contributed by atoms with Gasteiger partial charge in [0.15, 0.2) is 7.14 Å². The molecule has 0 fully saturated rings. The van der Waals surface area contributed by atoms with E-state index in [-0.39, 0.29) is 0 Å². The van der Waals surface area contributed by atoms with Gasteiger partial charge in [-0.1, -0.05) is 140 Å². The van der Waals surface area contributed by atoms with Crippen LogP contribution >= 0.6 is 7.14 Å². The molecule has 1 aliphatic heterocycles. The number of aromatic nitrogens is 2. The van der Waals surface area contributed by atoms with E-state index in [1.54, 1.807) is 0 Å². The van der Waals surface area contributed by atoms with E-state index in [1.807, 2.05) is 66.7 Å². The minimum atomic E-state index is -3.30. The van der Waals surface area contributed by atoms with Crippen molar-refractivity contribution >= 4 is 44.9 Å². The quantitative estimate of drug-likeness (QED) is 0.191. The Morgan fingerprint density at radius 3 is 1.98 bits per heavy atom. The van der Waals surface area contributed by atoms with Gasteiger partial charge >= 0.3 is 0 Å². The van der Waals surface area contributed by atoms with Crippen LogP contribution in [0.15, 0.2) is 164 Å². The van der Waals surface area contributed by atoms with Crippen LogP contribution in [0, 0.1) is 0 Å². The lowest BCUT2D eigenvalue weighted by molar-refractivity contribution is 0.592. The number of hydrogen-bond donors (Lipinski definition) is 0. The van der Waals surface area contributed by atoms with Crippen LogP contribution in [0.3, 0.4) is 0 Å². The highest BCUT2D eigenvalue weighted by molar-refractivity contribution is 7.86. The van der Waals surface area contributed by atoms with Crippen molar-refractivity contribution in [2.24, 2.45) is 0 Å². The molecule has 1 aliphatic rings. The lowest BCUT2D eigenvalue weighted by Crippen LogP contribution is -2.34. The fourth-order valence-electron chi connectivity index (χ4n) is 6.89. The number of rotatable bonds is 4. The molecule has 4 heteroatoms. The Hall–Kier alpha value is -5.50. The summed E-state index contributed by atoms with van der Waals surface area (Å²) in [6.45, 7) is 0. The molecular weight excluding hydrogens is 567 g/mol. The molecule has 8 aromatic rings. The molecule has 0 saturated heterocycles. The first-order valence-electron chi connectivity index (χ1n) is 15.2. The predicted octanol–water partition coefficient (Wildman–Crippen LogP) is 9.13. The Labute approximate surface area is 261 Å². The molecule has 0 spiro atoms. The third-order valence-electron chi connectivity index (χ3n) is 9.00. The molecular formula is C41H27N2OP. The van der Waals surface area contributed by atoms with Crippen LogP contribution in [0.1, 0.15) is 0 Å². The van der Waals surface area contributed by atoms with Crippen LogP contribution in [-0.4, -0.2) is 9.55 Å². The Kier molecular flexibility index (Phi) is 5.78. The maximum absolute atomic E-state index is 16.0. The van der Waals surface area contributed by atoms with Gasteiger partial charge in [0.05, 0.1) is 22.0 Å². The number of imidazole rings is 1. The zero-order valence-corrected chi connectivity index (χ0v) is 25.2. The molecule has 0 N–H and O–H groups in total. The maximum Gasteiger partial charge on any atom is 0.175 e. The second kappa shape index (κ2) is 10.0. The smallest absolute Gasteiger partial charge is 0.175 e. The van der Waals surface area contributed by atoms with Gasteiger partial charge in [-0.05, 0) is 57.3 Å². The van der Waals surface area contributed by atoms with Gasteiger partial charge in [0.2, 0.25) is 0 Å². The topological polar surface area (TPSA) is 34.9 Å². The highest BCUT2D eigenvalue weighted by Gasteiger charge is 2.41. The minimum absolute atomic E-state index is 0.827. The monoisotopic (exact) mass is 594 g/mol. The second-order valence-corrected chi connectivity index (χ2v) is 14.2. The van der Waals surface area contributed by atoms with E-state index in [9.17, 15) is 0 Å². The van der Waals surface area contributed by atoms with E-state index >= 15 is 4.57 Å². The van der Waals surface area contributed by atoms with Gasteiger partial charge in [-0.2, -0.15) is 0 Å². The van der Waals surface area contributed by atoms with Gasteiger partial charge in [-0.15, -0.1) is 0 Å². The molecule has 1 atom stereocenters. The molecule has 0 saturated carbocycles. The Morgan fingerprint density at radius 2 is 1.18 bits per heavy atom. The largest absolute Gasteiger partial charge is 0.308 e. The minimum Gasteiger partial charge on any atom is -0.308 e. The third kappa shape index (κ3) is 3.91. The normalized spacial score (nSPS) is 15.3. The number of nitrogens with zero attached hydrogens (tertiary/aromatic N) is 2. The first kappa shape index (κ1) is 25.9. The van der Waals surface area contributed by atoms with Crippen molar-refractivity contribution in [2.75, 3.05) is 0 Å². The Balaban J connectivity index is 1.30. The maximum atomic E-state index is 16.0. The summed E-state index contributed by atoms with van der Waals surface area (Å²) in [4.78, 5) is 5.12. The van der Waals surface area contributed by atoms with E-state index in [2.05, 4.69) is 102 Å². The molecule has 1 aromatic heterocycles. The third-order valence-corrected chi connectivity index (χ3v) is 12.2. The Bertz CT molecular complexity index is 2450. The van der Waals surface area contributed by atoms with Crippen LogP contribution in [0.2, 0.25) is 0 Å². The van der Waals surface area contributed by atoms with Crippen molar-refractivity contribution in [1.82, 2.24) is 9.55 Å².